The number of rotatable bonds is 5. The third-order valence-electron chi connectivity index (χ3n) is 5.20. The van der Waals surface area contributed by atoms with E-state index in [4.69, 9.17) is 0 Å². The Bertz CT molecular complexity index is 1310. The smallest absolute Gasteiger partial charge is 0.259 e. The summed E-state index contributed by atoms with van der Waals surface area (Å²) in [5.74, 6) is 0.616. The number of aromatic nitrogens is 2. The summed E-state index contributed by atoms with van der Waals surface area (Å²) >= 11 is 0. The molecule has 6 nitrogen and oxygen atoms in total. The van der Waals surface area contributed by atoms with E-state index in [1.165, 1.54) is 5.56 Å². The molecule has 0 spiro atoms. The van der Waals surface area contributed by atoms with Gasteiger partial charge in [-0.1, -0.05) is 32.0 Å². The van der Waals surface area contributed by atoms with Crippen molar-refractivity contribution in [2.45, 2.75) is 26.7 Å². The summed E-state index contributed by atoms with van der Waals surface area (Å²) < 4.78 is 0. The number of carbonyl (C=O) groups excluding carboxylic acids is 1. The van der Waals surface area contributed by atoms with Gasteiger partial charge in [-0.25, -0.2) is 4.98 Å². The van der Waals surface area contributed by atoms with Crippen molar-refractivity contribution in [2.75, 3.05) is 10.6 Å². The number of amides is 1. The zero-order valence-corrected chi connectivity index (χ0v) is 17.7. The van der Waals surface area contributed by atoms with Crippen molar-refractivity contribution in [1.82, 2.24) is 9.97 Å². The molecular formula is C25H24N4O2. The van der Waals surface area contributed by atoms with E-state index in [1.807, 2.05) is 49.4 Å². The number of pyridine rings is 2. The van der Waals surface area contributed by atoms with Gasteiger partial charge in [0.2, 0.25) is 5.56 Å². The minimum absolute atomic E-state index is 0.150. The molecule has 0 atom stereocenters. The summed E-state index contributed by atoms with van der Waals surface area (Å²) in [6, 6.07) is 18.5. The molecule has 2 aromatic heterocycles. The Balaban J connectivity index is 1.59. The predicted octanol–water partition coefficient (Wildman–Crippen LogP) is 5.35. The van der Waals surface area contributed by atoms with Gasteiger partial charge in [0.1, 0.15) is 5.82 Å². The first-order valence-corrected chi connectivity index (χ1v) is 10.2. The van der Waals surface area contributed by atoms with Crippen LogP contribution in [0.5, 0.6) is 0 Å². The average molecular weight is 412 g/mol. The zero-order valence-electron chi connectivity index (χ0n) is 17.7. The highest BCUT2D eigenvalue weighted by Gasteiger charge is 2.13. The highest BCUT2D eigenvalue weighted by Crippen LogP contribution is 2.24. The van der Waals surface area contributed by atoms with Crippen molar-refractivity contribution >= 4 is 34.0 Å². The van der Waals surface area contributed by atoms with Gasteiger partial charge in [0, 0.05) is 29.0 Å². The lowest BCUT2D eigenvalue weighted by Crippen LogP contribution is -2.14. The van der Waals surface area contributed by atoms with Crippen LogP contribution in [0.2, 0.25) is 0 Å². The van der Waals surface area contributed by atoms with E-state index in [9.17, 15) is 9.59 Å². The van der Waals surface area contributed by atoms with E-state index >= 15 is 0 Å². The molecule has 4 rings (SSSR count). The van der Waals surface area contributed by atoms with Crippen LogP contribution in [0.25, 0.3) is 10.9 Å². The Morgan fingerprint density at radius 1 is 1.00 bits per heavy atom. The second-order valence-corrected chi connectivity index (χ2v) is 7.83. The van der Waals surface area contributed by atoms with Crippen molar-refractivity contribution in [3.05, 3.63) is 93.9 Å². The molecule has 0 aliphatic rings. The monoisotopic (exact) mass is 412 g/mol. The van der Waals surface area contributed by atoms with Crippen LogP contribution in [0.1, 0.15) is 41.3 Å². The number of nitrogens with zero attached hydrogens (tertiary/aromatic N) is 1. The third kappa shape index (κ3) is 4.48. The molecule has 2 heterocycles. The summed E-state index contributed by atoms with van der Waals surface area (Å²) in [4.78, 5) is 31.9. The van der Waals surface area contributed by atoms with Gasteiger partial charge in [-0.2, -0.15) is 0 Å². The van der Waals surface area contributed by atoms with Gasteiger partial charge >= 0.3 is 0 Å². The van der Waals surface area contributed by atoms with Gasteiger partial charge in [-0.15, -0.1) is 0 Å². The minimum atomic E-state index is -0.252. The van der Waals surface area contributed by atoms with Crippen molar-refractivity contribution in [1.29, 1.82) is 0 Å². The van der Waals surface area contributed by atoms with Crippen molar-refractivity contribution in [2.24, 2.45) is 0 Å². The Hall–Kier alpha value is -3.93. The molecule has 0 aliphatic carbocycles. The lowest BCUT2D eigenvalue weighted by Gasteiger charge is -2.13. The molecule has 31 heavy (non-hydrogen) atoms. The quantitative estimate of drug-likeness (QED) is 0.412. The first-order chi connectivity index (χ1) is 14.9. The third-order valence-corrected chi connectivity index (χ3v) is 5.20. The van der Waals surface area contributed by atoms with Gasteiger partial charge in [0.05, 0.1) is 11.1 Å². The largest absolute Gasteiger partial charge is 0.340 e. The van der Waals surface area contributed by atoms with Gasteiger partial charge < -0.3 is 15.6 Å². The fourth-order valence-electron chi connectivity index (χ4n) is 3.49. The second-order valence-electron chi connectivity index (χ2n) is 7.83. The normalized spacial score (nSPS) is 11.0. The molecule has 156 valence electrons. The number of fused-ring (bicyclic) bond motifs is 1. The number of hydrogen-bond acceptors (Lipinski definition) is 4. The summed E-state index contributed by atoms with van der Waals surface area (Å²) in [6.45, 7) is 6.16. The molecule has 0 fully saturated rings. The molecule has 0 aliphatic heterocycles. The molecule has 4 aromatic rings. The average Bonchev–Trinajstić information content (AvgIpc) is 2.74. The number of benzene rings is 2. The highest BCUT2D eigenvalue weighted by atomic mass is 16.1. The van der Waals surface area contributed by atoms with Gasteiger partial charge in [0.15, 0.2) is 0 Å². The Labute approximate surface area is 180 Å². The number of aryl methyl sites for hydroxylation is 1. The van der Waals surface area contributed by atoms with Crippen LogP contribution in [-0.2, 0) is 0 Å². The van der Waals surface area contributed by atoms with Crippen LogP contribution in [0.15, 0.2) is 71.7 Å². The second kappa shape index (κ2) is 8.44. The minimum Gasteiger partial charge on any atom is -0.340 e. The first-order valence-electron chi connectivity index (χ1n) is 10.2. The van der Waals surface area contributed by atoms with Gasteiger partial charge in [0.25, 0.3) is 5.91 Å². The van der Waals surface area contributed by atoms with Crippen LogP contribution in [-0.4, -0.2) is 15.9 Å². The fourth-order valence-corrected chi connectivity index (χ4v) is 3.49. The van der Waals surface area contributed by atoms with Crippen molar-refractivity contribution in [3.63, 3.8) is 0 Å². The van der Waals surface area contributed by atoms with Gasteiger partial charge in [-0.3, -0.25) is 9.59 Å². The molecule has 2 aromatic carbocycles. The molecular weight excluding hydrogens is 388 g/mol. The zero-order chi connectivity index (χ0) is 22.0. The fraction of sp³-hybridized carbons (Fsp3) is 0.160. The van der Waals surface area contributed by atoms with Crippen molar-refractivity contribution < 1.29 is 4.79 Å². The van der Waals surface area contributed by atoms with Crippen LogP contribution < -0.4 is 16.2 Å². The molecule has 6 heteroatoms. The SMILES string of the molecule is Cc1cc(=O)[nH]c2cc(Nc3ncccc3C(=O)Nc3ccc(C(C)C)cc3)ccc12. The van der Waals surface area contributed by atoms with Crippen LogP contribution in [0.3, 0.4) is 0 Å². The summed E-state index contributed by atoms with van der Waals surface area (Å²) in [5.41, 5.74) is 4.57. The molecule has 0 radical (unpaired) electrons. The maximum atomic E-state index is 12.9. The Morgan fingerprint density at radius 3 is 2.48 bits per heavy atom. The van der Waals surface area contributed by atoms with E-state index in [0.717, 1.165) is 27.8 Å². The number of carbonyl (C=O) groups is 1. The predicted molar refractivity (Wildman–Crippen MR) is 125 cm³/mol. The highest BCUT2D eigenvalue weighted by molar-refractivity contribution is 6.07. The van der Waals surface area contributed by atoms with E-state index < -0.39 is 0 Å². The Kier molecular flexibility index (Phi) is 5.54. The van der Waals surface area contributed by atoms with E-state index in [1.54, 1.807) is 24.4 Å². The van der Waals surface area contributed by atoms with E-state index in [2.05, 4.69) is 34.4 Å². The molecule has 0 unspecified atom stereocenters. The van der Waals surface area contributed by atoms with Crippen LogP contribution in [0, 0.1) is 6.92 Å². The number of hydrogen-bond donors (Lipinski definition) is 3. The number of anilines is 3. The van der Waals surface area contributed by atoms with E-state index in [0.29, 0.717) is 17.3 Å². The van der Waals surface area contributed by atoms with Gasteiger partial charge in [-0.05, 0) is 60.4 Å². The Morgan fingerprint density at radius 2 is 1.74 bits per heavy atom. The topological polar surface area (TPSA) is 86.9 Å². The summed E-state index contributed by atoms with van der Waals surface area (Å²) in [7, 11) is 0. The van der Waals surface area contributed by atoms with Crippen LogP contribution >= 0.6 is 0 Å². The maximum Gasteiger partial charge on any atom is 0.259 e. The molecule has 0 saturated heterocycles. The maximum absolute atomic E-state index is 12.9. The summed E-state index contributed by atoms with van der Waals surface area (Å²) in [5, 5.41) is 7.10. The number of H-pyrrole nitrogens is 1. The van der Waals surface area contributed by atoms with Crippen molar-refractivity contribution in [3.8, 4) is 0 Å². The molecule has 0 bridgehead atoms. The number of nitrogens with one attached hydrogen (secondary N) is 3. The lowest BCUT2D eigenvalue weighted by molar-refractivity contribution is 0.102. The van der Waals surface area contributed by atoms with E-state index in [-0.39, 0.29) is 11.5 Å². The molecule has 3 N–H and O–H groups in total. The summed E-state index contributed by atoms with van der Waals surface area (Å²) in [6.07, 6.45) is 1.63. The molecule has 0 saturated carbocycles. The lowest BCUT2D eigenvalue weighted by atomic mass is 10.0. The standard InChI is InChI=1S/C25H24N4O2/c1-15(2)17-6-8-18(9-7-17)28-25(31)21-5-4-12-26-24(21)27-19-10-11-20-16(3)13-23(30)29-22(20)14-19/h4-15H,1-3H3,(H,26,27)(H,28,31)(H,29,30). The molecule has 1 amide bonds. The number of aromatic amines is 1. The van der Waals surface area contributed by atoms with Crippen LogP contribution in [0.4, 0.5) is 17.2 Å². The first kappa shape index (κ1) is 20.3.